The maximum absolute atomic E-state index is 11.5. The highest BCUT2D eigenvalue weighted by Gasteiger charge is 2.27. The summed E-state index contributed by atoms with van der Waals surface area (Å²) in [5.41, 5.74) is 2.79. The summed E-state index contributed by atoms with van der Waals surface area (Å²) in [5.74, 6) is 1.68. The van der Waals surface area contributed by atoms with E-state index in [2.05, 4.69) is 0 Å². The first-order valence-corrected chi connectivity index (χ1v) is 7.89. The molecule has 0 unspecified atom stereocenters. The Morgan fingerprint density at radius 2 is 1.72 bits per heavy atom. The Bertz CT molecular complexity index is 806. The molecule has 1 aliphatic heterocycles. The molecule has 0 bridgehead atoms. The number of anilines is 1. The second kappa shape index (κ2) is 6.88. The number of benzene rings is 2. The van der Waals surface area contributed by atoms with Crippen molar-refractivity contribution >= 4 is 11.4 Å². The highest BCUT2D eigenvalue weighted by Crippen LogP contribution is 2.41. The van der Waals surface area contributed by atoms with Crippen LogP contribution in [-0.4, -0.2) is 32.8 Å². The van der Waals surface area contributed by atoms with Crippen LogP contribution >= 0.6 is 0 Å². The van der Waals surface area contributed by atoms with Gasteiger partial charge in [0.05, 0.1) is 32.3 Å². The Morgan fingerprint density at radius 1 is 1.04 bits per heavy atom. The third-order valence-corrected chi connectivity index (χ3v) is 4.46. The molecule has 7 heteroatoms. The standard InChI is InChI=1S/C18H20N2O5/c1-23-16-6-4-5-12-11-19(8-7-13(12)16)14-9-17(24-2)18(25-3)10-15(14)20(21)22/h4-6,9-10H,7-8,11H2,1-3H3. The lowest BCUT2D eigenvalue weighted by Gasteiger charge is -2.31. The fourth-order valence-corrected chi connectivity index (χ4v) is 3.23. The van der Waals surface area contributed by atoms with Crippen LogP contribution in [0.5, 0.6) is 17.2 Å². The molecule has 7 nitrogen and oxygen atoms in total. The molecule has 0 radical (unpaired) electrons. The van der Waals surface area contributed by atoms with Crippen LogP contribution in [0, 0.1) is 10.1 Å². The Kier molecular flexibility index (Phi) is 4.65. The maximum atomic E-state index is 11.5. The van der Waals surface area contributed by atoms with Crippen molar-refractivity contribution in [3.63, 3.8) is 0 Å². The summed E-state index contributed by atoms with van der Waals surface area (Å²) in [5, 5.41) is 11.5. The van der Waals surface area contributed by atoms with E-state index in [-0.39, 0.29) is 5.69 Å². The number of nitro benzene ring substituents is 1. The largest absolute Gasteiger partial charge is 0.496 e. The minimum absolute atomic E-state index is 0.00370. The van der Waals surface area contributed by atoms with Crippen molar-refractivity contribution in [1.82, 2.24) is 0 Å². The number of fused-ring (bicyclic) bond motifs is 1. The average molecular weight is 344 g/mol. The third-order valence-electron chi connectivity index (χ3n) is 4.46. The lowest BCUT2D eigenvalue weighted by Crippen LogP contribution is -2.31. The second-order valence-corrected chi connectivity index (χ2v) is 5.72. The number of hydrogen-bond acceptors (Lipinski definition) is 6. The number of hydrogen-bond donors (Lipinski definition) is 0. The molecule has 0 amide bonds. The van der Waals surface area contributed by atoms with Crippen LogP contribution in [0.4, 0.5) is 11.4 Å². The van der Waals surface area contributed by atoms with E-state index in [9.17, 15) is 10.1 Å². The Morgan fingerprint density at radius 3 is 2.36 bits per heavy atom. The quantitative estimate of drug-likeness (QED) is 0.613. The van der Waals surface area contributed by atoms with E-state index in [1.165, 1.54) is 20.3 Å². The molecule has 132 valence electrons. The van der Waals surface area contributed by atoms with Crippen LogP contribution in [0.2, 0.25) is 0 Å². The van der Waals surface area contributed by atoms with E-state index in [4.69, 9.17) is 14.2 Å². The molecule has 0 N–H and O–H groups in total. The van der Waals surface area contributed by atoms with Crippen molar-refractivity contribution in [3.05, 3.63) is 51.6 Å². The van der Waals surface area contributed by atoms with Crippen molar-refractivity contribution in [2.45, 2.75) is 13.0 Å². The molecule has 0 aromatic heterocycles. The minimum Gasteiger partial charge on any atom is -0.496 e. The molecule has 0 saturated carbocycles. The Labute approximate surface area is 145 Å². The summed E-state index contributed by atoms with van der Waals surface area (Å²) in [6.45, 7) is 1.23. The molecule has 2 aromatic rings. The zero-order valence-corrected chi connectivity index (χ0v) is 14.4. The summed E-state index contributed by atoms with van der Waals surface area (Å²) in [6.07, 6.45) is 0.755. The van der Waals surface area contributed by atoms with Crippen molar-refractivity contribution in [3.8, 4) is 17.2 Å². The first-order valence-electron chi connectivity index (χ1n) is 7.89. The summed E-state index contributed by atoms with van der Waals surface area (Å²) >= 11 is 0. The highest BCUT2D eigenvalue weighted by atomic mass is 16.6. The van der Waals surface area contributed by atoms with Gasteiger partial charge in [-0.1, -0.05) is 12.1 Å². The van der Waals surface area contributed by atoms with E-state index in [0.29, 0.717) is 30.3 Å². The number of nitro groups is 1. The van der Waals surface area contributed by atoms with Gasteiger partial charge in [-0.25, -0.2) is 0 Å². The van der Waals surface area contributed by atoms with Gasteiger partial charge in [0.25, 0.3) is 5.69 Å². The smallest absolute Gasteiger partial charge is 0.296 e. The molecular formula is C18H20N2O5. The monoisotopic (exact) mass is 344 g/mol. The van der Waals surface area contributed by atoms with E-state index in [1.54, 1.807) is 13.2 Å². The molecule has 25 heavy (non-hydrogen) atoms. The topological polar surface area (TPSA) is 74.1 Å². The molecule has 3 rings (SSSR count). The molecule has 0 atom stereocenters. The molecule has 0 fully saturated rings. The van der Waals surface area contributed by atoms with Gasteiger partial charge in [0.1, 0.15) is 11.4 Å². The van der Waals surface area contributed by atoms with Crippen LogP contribution < -0.4 is 19.1 Å². The normalized spacial score (nSPS) is 13.2. The number of ether oxygens (including phenoxy) is 3. The van der Waals surface area contributed by atoms with Gasteiger partial charge >= 0.3 is 0 Å². The zero-order valence-electron chi connectivity index (χ0n) is 14.4. The molecule has 0 aliphatic carbocycles. The minimum atomic E-state index is -0.390. The summed E-state index contributed by atoms with van der Waals surface area (Å²) < 4.78 is 15.9. The Balaban J connectivity index is 2.03. The zero-order chi connectivity index (χ0) is 18.0. The number of nitrogens with zero attached hydrogens (tertiary/aromatic N) is 2. The summed E-state index contributed by atoms with van der Waals surface area (Å²) in [4.78, 5) is 13.1. The van der Waals surface area contributed by atoms with Crippen LogP contribution in [0.25, 0.3) is 0 Å². The average Bonchev–Trinajstić information content (AvgIpc) is 2.65. The van der Waals surface area contributed by atoms with E-state index >= 15 is 0 Å². The van der Waals surface area contributed by atoms with Gasteiger partial charge < -0.3 is 19.1 Å². The van der Waals surface area contributed by atoms with Crippen LogP contribution in [0.15, 0.2) is 30.3 Å². The van der Waals surface area contributed by atoms with Crippen molar-refractivity contribution in [2.24, 2.45) is 0 Å². The maximum Gasteiger partial charge on any atom is 0.296 e. The number of rotatable bonds is 5. The van der Waals surface area contributed by atoms with Crippen LogP contribution in [0.1, 0.15) is 11.1 Å². The van der Waals surface area contributed by atoms with E-state index < -0.39 is 4.92 Å². The molecule has 0 spiro atoms. The van der Waals surface area contributed by atoms with E-state index in [0.717, 1.165) is 23.3 Å². The van der Waals surface area contributed by atoms with Crippen molar-refractivity contribution in [1.29, 1.82) is 0 Å². The summed E-state index contributed by atoms with van der Waals surface area (Å²) in [7, 11) is 4.63. The van der Waals surface area contributed by atoms with Crippen LogP contribution in [0.3, 0.4) is 0 Å². The highest BCUT2D eigenvalue weighted by molar-refractivity contribution is 5.70. The van der Waals surface area contributed by atoms with Gasteiger partial charge in [-0.05, 0) is 18.1 Å². The first-order chi connectivity index (χ1) is 12.1. The molecule has 0 saturated heterocycles. The van der Waals surface area contributed by atoms with Gasteiger partial charge in [0, 0.05) is 24.7 Å². The van der Waals surface area contributed by atoms with Crippen molar-refractivity contribution < 1.29 is 19.1 Å². The van der Waals surface area contributed by atoms with Crippen molar-refractivity contribution in [2.75, 3.05) is 32.8 Å². The first kappa shape index (κ1) is 16.9. The van der Waals surface area contributed by atoms with Gasteiger partial charge in [0.2, 0.25) is 0 Å². The van der Waals surface area contributed by atoms with Gasteiger partial charge in [-0.3, -0.25) is 10.1 Å². The van der Waals surface area contributed by atoms with Gasteiger partial charge in [-0.15, -0.1) is 0 Å². The predicted octanol–water partition coefficient (Wildman–Crippen LogP) is 3.18. The molecule has 2 aromatic carbocycles. The fourth-order valence-electron chi connectivity index (χ4n) is 3.23. The predicted molar refractivity (Wildman–Crippen MR) is 93.9 cm³/mol. The molecule has 1 heterocycles. The second-order valence-electron chi connectivity index (χ2n) is 5.72. The third kappa shape index (κ3) is 3.05. The van der Waals surface area contributed by atoms with Crippen LogP contribution in [-0.2, 0) is 13.0 Å². The molecule has 1 aliphatic rings. The molecular weight excluding hydrogens is 324 g/mol. The lowest BCUT2D eigenvalue weighted by atomic mass is 9.98. The van der Waals surface area contributed by atoms with Gasteiger partial charge in [-0.2, -0.15) is 0 Å². The van der Waals surface area contributed by atoms with Gasteiger partial charge in [0.15, 0.2) is 11.5 Å². The fraction of sp³-hybridized carbons (Fsp3) is 0.333. The SMILES string of the molecule is COc1cc(N2CCc3c(cccc3OC)C2)c([N+](=O)[O-])cc1OC. The van der Waals surface area contributed by atoms with E-state index in [1.807, 2.05) is 23.1 Å². The summed E-state index contributed by atoms with van der Waals surface area (Å²) in [6, 6.07) is 8.98. The number of methoxy groups -OCH3 is 3. The Hall–Kier alpha value is -2.96. The lowest BCUT2D eigenvalue weighted by molar-refractivity contribution is -0.384.